The third kappa shape index (κ3) is 754. The number of hydrogen-bond acceptors (Lipinski definition) is 9. The fourth-order valence-electron chi connectivity index (χ4n) is 0. The van der Waals surface area contributed by atoms with Crippen molar-refractivity contribution in [1.29, 1.82) is 0 Å². The van der Waals surface area contributed by atoms with E-state index in [4.69, 9.17) is 45.0 Å². The van der Waals surface area contributed by atoms with Gasteiger partial charge in [-0.15, -0.1) is 0 Å². The van der Waals surface area contributed by atoms with Gasteiger partial charge in [-0.25, -0.2) is 0 Å². The molecular formula is C3Co2O9. The Balaban J connectivity index is -0.0000000270. The molecule has 84 valence electrons. The van der Waals surface area contributed by atoms with Gasteiger partial charge in [0.05, 0.1) is 0 Å². The first-order chi connectivity index (χ1) is 5.20. The van der Waals surface area contributed by atoms with Gasteiger partial charge in [-0.1, -0.05) is 0 Å². The second-order valence-electron chi connectivity index (χ2n) is 0.750. The van der Waals surface area contributed by atoms with Crippen LogP contribution in [-0.2, 0) is 33.6 Å². The van der Waals surface area contributed by atoms with Crippen LogP contribution in [0, 0.1) is 0 Å². The van der Waals surface area contributed by atoms with Crippen LogP contribution in [0.25, 0.3) is 0 Å². The molecule has 0 N–H and O–H groups in total. The molecular weight excluding hydrogens is 298 g/mol. The summed E-state index contributed by atoms with van der Waals surface area (Å²) in [4.78, 5) is 25.0. The molecule has 0 aliphatic carbocycles. The molecule has 0 aromatic rings. The van der Waals surface area contributed by atoms with E-state index >= 15 is 0 Å². The molecule has 0 aromatic heterocycles. The van der Waals surface area contributed by atoms with E-state index in [1.165, 1.54) is 0 Å². The van der Waals surface area contributed by atoms with Crippen LogP contribution in [0.1, 0.15) is 0 Å². The summed E-state index contributed by atoms with van der Waals surface area (Å²) in [6.45, 7) is 0. The van der Waals surface area contributed by atoms with Crippen molar-refractivity contribution in [3.8, 4) is 0 Å². The molecule has 0 radical (unpaired) electrons. The number of carbonyl (C=O) groups is 3. The third-order valence-electron chi connectivity index (χ3n) is 0. The van der Waals surface area contributed by atoms with Crippen LogP contribution in [0.2, 0.25) is 0 Å². The molecule has 0 spiro atoms. The first kappa shape index (κ1) is 29.3. The fourth-order valence-corrected chi connectivity index (χ4v) is 0. The first-order valence-corrected chi connectivity index (χ1v) is 1.84. The maximum absolute atomic E-state index is 8.33. The van der Waals surface area contributed by atoms with E-state index in [9.17, 15) is 0 Å². The van der Waals surface area contributed by atoms with Crippen LogP contribution in [0.3, 0.4) is 0 Å². The van der Waals surface area contributed by atoms with E-state index in [1.54, 1.807) is 0 Å². The zero-order valence-electron chi connectivity index (χ0n) is 5.84. The SMILES string of the molecule is O=C([O-])[O-].O=C([O-])[O-].O=C([O-])[O-].[Co+3].[Co+3]. The van der Waals surface area contributed by atoms with Gasteiger partial charge in [-0.2, -0.15) is 0 Å². The zero-order chi connectivity index (χ0) is 10.7. The summed E-state index contributed by atoms with van der Waals surface area (Å²) in [5.41, 5.74) is 0. The van der Waals surface area contributed by atoms with Gasteiger partial charge in [-0.3, -0.25) is 0 Å². The quantitative estimate of drug-likeness (QED) is 0.418. The molecule has 0 fully saturated rings. The van der Waals surface area contributed by atoms with Crippen LogP contribution in [0.15, 0.2) is 0 Å². The molecule has 0 aliphatic heterocycles. The van der Waals surface area contributed by atoms with Gasteiger partial charge in [-0.05, 0) is 18.5 Å². The molecule has 0 rings (SSSR count). The fraction of sp³-hybridized carbons (Fsp3) is 0. The van der Waals surface area contributed by atoms with Gasteiger partial charge in [0.2, 0.25) is 0 Å². The summed E-state index contributed by atoms with van der Waals surface area (Å²) in [5.74, 6) is 0. The molecule has 0 bridgehead atoms. The number of carboxylic acid groups (broad SMARTS) is 6. The molecule has 11 heteroatoms. The largest absolute Gasteiger partial charge is 3.00 e. The summed E-state index contributed by atoms with van der Waals surface area (Å²) in [6, 6.07) is 0. The second kappa shape index (κ2) is 22.6. The van der Waals surface area contributed by atoms with E-state index < -0.39 is 18.5 Å². The molecule has 9 nitrogen and oxygen atoms in total. The Hall–Kier alpha value is -1.18. The van der Waals surface area contributed by atoms with E-state index in [0.29, 0.717) is 0 Å². The van der Waals surface area contributed by atoms with Crippen LogP contribution < -0.4 is 30.6 Å². The minimum atomic E-state index is -2.33. The predicted octanol–water partition coefficient (Wildman–Crippen LogP) is -7.35. The second-order valence-corrected chi connectivity index (χ2v) is 0.750. The average Bonchev–Trinajstić information content (AvgIpc) is 1.54. The maximum Gasteiger partial charge on any atom is 3.00 e. The predicted molar refractivity (Wildman–Crippen MR) is 16.2 cm³/mol. The van der Waals surface area contributed by atoms with Gasteiger partial charge < -0.3 is 45.0 Å². The van der Waals surface area contributed by atoms with E-state index in [2.05, 4.69) is 0 Å². The Labute approximate surface area is 97.4 Å². The molecule has 0 saturated carbocycles. The molecule has 0 aliphatic rings. The number of hydrogen-bond donors (Lipinski definition) is 0. The Bertz CT molecular complexity index is 116. The molecule has 0 saturated heterocycles. The average molecular weight is 298 g/mol. The van der Waals surface area contributed by atoms with Crippen molar-refractivity contribution in [1.82, 2.24) is 0 Å². The first-order valence-electron chi connectivity index (χ1n) is 1.84. The monoisotopic (exact) mass is 298 g/mol. The normalized spacial score (nSPS) is 5.14. The Morgan fingerprint density at radius 2 is 0.500 bits per heavy atom. The summed E-state index contributed by atoms with van der Waals surface area (Å²) >= 11 is 0. The van der Waals surface area contributed by atoms with Crippen LogP contribution in [0.4, 0.5) is 14.4 Å². The van der Waals surface area contributed by atoms with Crippen molar-refractivity contribution in [2.45, 2.75) is 0 Å². The van der Waals surface area contributed by atoms with Gasteiger partial charge in [0.15, 0.2) is 0 Å². The Morgan fingerprint density at radius 1 is 0.500 bits per heavy atom. The number of carbonyl (C=O) groups excluding carboxylic acids is 3. The summed E-state index contributed by atoms with van der Waals surface area (Å²) in [7, 11) is 0. The van der Waals surface area contributed by atoms with Crippen molar-refractivity contribution >= 4 is 18.5 Å². The topological polar surface area (TPSA) is 190 Å². The van der Waals surface area contributed by atoms with Crippen molar-refractivity contribution in [2.24, 2.45) is 0 Å². The van der Waals surface area contributed by atoms with Crippen molar-refractivity contribution < 1.29 is 78.6 Å². The van der Waals surface area contributed by atoms with Gasteiger partial charge in [0, 0.05) is 0 Å². The summed E-state index contributed by atoms with van der Waals surface area (Å²) in [6.07, 6.45) is -7.00. The Morgan fingerprint density at radius 3 is 0.500 bits per heavy atom. The van der Waals surface area contributed by atoms with E-state index in [0.717, 1.165) is 0 Å². The van der Waals surface area contributed by atoms with Crippen LogP contribution in [0.5, 0.6) is 0 Å². The minimum absolute atomic E-state index is 0. The number of rotatable bonds is 0. The molecule has 0 amide bonds. The maximum atomic E-state index is 8.33. The minimum Gasteiger partial charge on any atom is -0.652 e. The van der Waals surface area contributed by atoms with Crippen LogP contribution >= 0.6 is 0 Å². The molecule has 0 heterocycles. The van der Waals surface area contributed by atoms with Crippen molar-refractivity contribution in [3.63, 3.8) is 0 Å². The van der Waals surface area contributed by atoms with E-state index in [-0.39, 0.29) is 33.6 Å². The molecule has 14 heavy (non-hydrogen) atoms. The molecule has 0 atom stereocenters. The Kier molecular flexibility index (Phi) is 47.3. The van der Waals surface area contributed by atoms with E-state index in [1.807, 2.05) is 0 Å². The summed E-state index contributed by atoms with van der Waals surface area (Å²) < 4.78 is 0. The zero-order valence-corrected chi connectivity index (χ0v) is 7.92. The molecule has 0 aromatic carbocycles. The smallest absolute Gasteiger partial charge is 0.652 e. The van der Waals surface area contributed by atoms with Gasteiger partial charge in [0.1, 0.15) is 0 Å². The molecule has 0 unspecified atom stereocenters. The van der Waals surface area contributed by atoms with Gasteiger partial charge in [0.25, 0.3) is 0 Å². The third-order valence-corrected chi connectivity index (χ3v) is 0. The van der Waals surface area contributed by atoms with Crippen molar-refractivity contribution in [3.05, 3.63) is 0 Å². The van der Waals surface area contributed by atoms with Crippen LogP contribution in [-0.4, -0.2) is 18.5 Å². The summed E-state index contributed by atoms with van der Waals surface area (Å²) in [5, 5.41) is 50.0. The van der Waals surface area contributed by atoms with Crippen molar-refractivity contribution in [2.75, 3.05) is 0 Å². The standard InChI is InChI=1S/3CH2O3.2Co/c3*2-1(3)4;;/h3*(H2,2,3,4);;/q;;;2*+3/p-6. The van der Waals surface area contributed by atoms with Gasteiger partial charge >= 0.3 is 33.6 Å².